The number of ether oxygens (including phenoxy) is 2. The van der Waals surface area contributed by atoms with Crippen LogP contribution in [0.2, 0.25) is 5.02 Å². The Morgan fingerprint density at radius 2 is 1.95 bits per heavy atom. The molecular weight excluding hydrogens is 293 g/mol. The topological polar surface area (TPSA) is 30.5 Å². The molecule has 0 atom stereocenters. The van der Waals surface area contributed by atoms with Crippen LogP contribution < -0.4 is 10.1 Å². The average Bonchev–Trinajstić information content (AvgIpc) is 2.47. The van der Waals surface area contributed by atoms with E-state index in [1.165, 1.54) is 12.1 Å². The van der Waals surface area contributed by atoms with Crippen LogP contribution in [0.3, 0.4) is 0 Å². The summed E-state index contributed by atoms with van der Waals surface area (Å²) in [5.74, 6) is 0.324. The van der Waals surface area contributed by atoms with E-state index in [0.29, 0.717) is 30.5 Å². The fourth-order valence-corrected chi connectivity index (χ4v) is 2.10. The van der Waals surface area contributed by atoms with E-state index in [1.54, 1.807) is 19.2 Å². The highest BCUT2D eigenvalue weighted by Crippen LogP contribution is 2.33. The standard InChI is InChI=1S/C16H17ClFNO2/c1-20-8-9-21-16-14(17)6-3-7-15(16)19-11-12-4-2-5-13(18)10-12/h2-7,10,19H,8-9,11H2,1H3. The summed E-state index contributed by atoms with van der Waals surface area (Å²) in [4.78, 5) is 0. The van der Waals surface area contributed by atoms with Gasteiger partial charge in [0.15, 0.2) is 5.75 Å². The van der Waals surface area contributed by atoms with Gasteiger partial charge in [-0.2, -0.15) is 0 Å². The number of para-hydroxylation sites is 1. The molecule has 0 radical (unpaired) electrons. The molecule has 0 saturated carbocycles. The van der Waals surface area contributed by atoms with Crippen LogP contribution in [-0.4, -0.2) is 20.3 Å². The number of halogens is 2. The van der Waals surface area contributed by atoms with Gasteiger partial charge in [-0.3, -0.25) is 0 Å². The maximum absolute atomic E-state index is 13.2. The van der Waals surface area contributed by atoms with Crippen molar-refractivity contribution in [3.8, 4) is 5.75 Å². The highest BCUT2D eigenvalue weighted by molar-refractivity contribution is 6.32. The lowest BCUT2D eigenvalue weighted by Gasteiger charge is -2.14. The number of benzene rings is 2. The molecule has 0 heterocycles. The summed E-state index contributed by atoms with van der Waals surface area (Å²) in [5.41, 5.74) is 1.61. The van der Waals surface area contributed by atoms with Crippen LogP contribution in [0.5, 0.6) is 5.75 Å². The van der Waals surface area contributed by atoms with Gasteiger partial charge in [-0.15, -0.1) is 0 Å². The molecule has 0 spiro atoms. The number of methoxy groups -OCH3 is 1. The molecular formula is C16H17ClFNO2. The largest absolute Gasteiger partial charge is 0.487 e. The zero-order chi connectivity index (χ0) is 15.1. The minimum absolute atomic E-state index is 0.253. The van der Waals surface area contributed by atoms with Crippen molar-refractivity contribution in [1.29, 1.82) is 0 Å². The zero-order valence-corrected chi connectivity index (χ0v) is 12.5. The molecule has 0 aromatic heterocycles. The number of hydrogen-bond acceptors (Lipinski definition) is 3. The molecule has 21 heavy (non-hydrogen) atoms. The van der Waals surface area contributed by atoms with Gasteiger partial charge in [0.25, 0.3) is 0 Å². The smallest absolute Gasteiger partial charge is 0.161 e. The van der Waals surface area contributed by atoms with Crippen molar-refractivity contribution in [1.82, 2.24) is 0 Å². The Balaban J connectivity index is 2.06. The SMILES string of the molecule is COCCOc1c(Cl)cccc1NCc1cccc(F)c1. The Labute approximate surface area is 128 Å². The molecule has 1 N–H and O–H groups in total. The number of nitrogens with one attached hydrogen (secondary N) is 1. The molecule has 0 aliphatic carbocycles. The van der Waals surface area contributed by atoms with Gasteiger partial charge in [-0.1, -0.05) is 29.8 Å². The van der Waals surface area contributed by atoms with Gasteiger partial charge in [-0.25, -0.2) is 4.39 Å². The minimum Gasteiger partial charge on any atom is -0.487 e. The van der Waals surface area contributed by atoms with Gasteiger partial charge in [0.2, 0.25) is 0 Å². The number of rotatable bonds is 7. The molecule has 2 rings (SSSR count). The molecule has 0 saturated heterocycles. The summed E-state index contributed by atoms with van der Waals surface area (Å²) in [5, 5.41) is 3.73. The van der Waals surface area contributed by atoms with Gasteiger partial charge in [0.05, 0.1) is 17.3 Å². The monoisotopic (exact) mass is 309 g/mol. The predicted molar refractivity (Wildman–Crippen MR) is 82.5 cm³/mol. The Hall–Kier alpha value is -1.78. The summed E-state index contributed by atoms with van der Waals surface area (Å²) in [7, 11) is 1.61. The third-order valence-electron chi connectivity index (χ3n) is 2.87. The summed E-state index contributed by atoms with van der Waals surface area (Å²) in [6, 6.07) is 11.9. The van der Waals surface area contributed by atoms with Crippen LogP contribution in [0.4, 0.5) is 10.1 Å². The predicted octanol–water partition coefficient (Wildman–Crippen LogP) is 4.12. The van der Waals surface area contributed by atoms with E-state index < -0.39 is 0 Å². The lowest BCUT2D eigenvalue weighted by molar-refractivity contribution is 0.146. The molecule has 5 heteroatoms. The third kappa shape index (κ3) is 4.62. The van der Waals surface area contributed by atoms with Gasteiger partial charge in [-0.05, 0) is 29.8 Å². The van der Waals surface area contributed by atoms with Crippen LogP contribution in [0.1, 0.15) is 5.56 Å². The lowest BCUT2D eigenvalue weighted by Crippen LogP contribution is -2.08. The zero-order valence-electron chi connectivity index (χ0n) is 11.7. The first-order chi connectivity index (χ1) is 10.2. The van der Waals surface area contributed by atoms with Crippen LogP contribution >= 0.6 is 11.6 Å². The molecule has 0 aliphatic rings. The average molecular weight is 310 g/mol. The number of anilines is 1. The van der Waals surface area contributed by atoms with Crippen molar-refractivity contribution in [3.63, 3.8) is 0 Å². The summed E-state index contributed by atoms with van der Waals surface area (Å²) >= 11 is 6.15. The minimum atomic E-state index is -0.253. The molecule has 0 aliphatic heterocycles. The second-order valence-corrected chi connectivity index (χ2v) is 4.85. The van der Waals surface area contributed by atoms with E-state index >= 15 is 0 Å². The first-order valence-electron chi connectivity index (χ1n) is 6.59. The van der Waals surface area contributed by atoms with E-state index in [9.17, 15) is 4.39 Å². The van der Waals surface area contributed by atoms with E-state index in [0.717, 1.165) is 11.3 Å². The number of hydrogen-bond donors (Lipinski definition) is 1. The first kappa shape index (κ1) is 15.6. The van der Waals surface area contributed by atoms with Gasteiger partial charge < -0.3 is 14.8 Å². The molecule has 3 nitrogen and oxygen atoms in total. The maximum Gasteiger partial charge on any atom is 0.161 e. The third-order valence-corrected chi connectivity index (χ3v) is 3.17. The van der Waals surface area contributed by atoms with Crippen molar-refractivity contribution in [2.24, 2.45) is 0 Å². The van der Waals surface area contributed by atoms with Gasteiger partial charge in [0.1, 0.15) is 12.4 Å². The molecule has 2 aromatic carbocycles. The molecule has 112 valence electrons. The maximum atomic E-state index is 13.2. The quantitative estimate of drug-likeness (QED) is 0.781. The van der Waals surface area contributed by atoms with E-state index in [1.807, 2.05) is 18.2 Å². The second-order valence-electron chi connectivity index (χ2n) is 4.44. The van der Waals surface area contributed by atoms with Crippen molar-refractivity contribution in [3.05, 3.63) is 58.9 Å². The molecule has 0 amide bonds. The fraction of sp³-hybridized carbons (Fsp3) is 0.250. The highest BCUT2D eigenvalue weighted by Gasteiger charge is 2.08. The molecule has 2 aromatic rings. The second kappa shape index (κ2) is 7.86. The first-order valence-corrected chi connectivity index (χ1v) is 6.97. The van der Waals surface area contributed by atoms with Crippen molar-refractivity contribution < 1.29 is 13.9 Å². The molecule has 0 fully saturated rings. The van der Waals surface area contributed by atoms with Crippen molar-refractivity contribution >= 4 is 17.3 Å². The summed E-state index contributed by atoms with van der Waals surface area (Å²) < 4.78 is 23.7. The van der Waals surface area contributed by atoms with Crippen LogP contribution in [0, 0.1) is 5.82 Å². The normalized spacial score (nSPS) is 10.4. The van der Waals surface area contributed by atoms with Crippen molar-refractivity contribution in [2.75, 3.05) is 25.6 Å². The lowest BCUT2D eigenvalue weighted by atomic mass is 10.2. The summed E-state index contributed by atoms with van der Waals surface area (Å²) in [6.07, 6.45) is 0. The van der Waals surface area contributed by atoms with Gasteiger partial charge in [0, 0.05) is 13.7 Å². The summed E-state index contributed by atoms with van der Waals surface area (Å²) in [6.45, 7) is 1.38. The Morgan fingerprint density at radius 1 is 1.14 bits per heavy atom. The molecule has 0 bridgehead atoms. The van der Waals surface area contributed by atoms with Gasteiger partial charge >= 0.3 is 0 Å². The highest BCUT2D eigenvalue weighted by atomic mass is 35.5. The Morgan fingerprint density at radius 3 is 2.71 bits per heavy atom. The Bertz CT molecular complexity index is 592. The van der Waals surface area contributed by atoms with E-state index in [2.05, 4.69) is 5.32 Å². The van der Waals surface area contributed by atoms with E-state index in [4.69, 9.17) is 21.1 Å². The van der Waals surface area contributed by atoms with E-state index in [-0.39, 0.29) is 5.82 Å². The molecule has 0 unspecified atom stereocenters. The van der Waals surface area contributed by atoms with Crippen LogP contribution in [-0.2, 0) is 11.3 Å². The van der Waals surface area contributed by atoms with Crippen LogP contribution in [0.15, 0.2) is 42.5 Å². The van der Waals surface area contributed by atoms with Crippen LogP contribution in [0.25, 0.3) is 0 Å². The van der Waals surface area contributed by atoms with Crippen molar-refractivity contribution in [2.45, 2.75) is 6.54 Å². The Kier molecular flexibility index (Phi) is 5.84. The fourth-order valence-electron chi connectivity index (χ4n) is 1.87.